The Morgan fingerprint density at radius 2 is 2.10 bits per heavy atom. The first kappa shape index (κ1) is 22.5. The van der Waals surface area contributed by atoms with Crippen LogP contribution >= 0.6 is 0 Å². The van der Waals surface area contributed by atoms with E-state index in [-0.39, 0.29) is 29.7 Å². The minimum atomic E-state index is -1.31. The Balaban J connectivity index is 1.45. The van der Waals surface area contributed by atoms with Crippen LogP contribution in [0.25, 0.3) is 0 Å². The quantitative estimate of drug-likeness (QED) is 0.279. The summed E-state index contributed by atoms with van der Waals surface area (Å²) in [5, 5.41) is 29.0. The summed E-state index contributed by atoms with van der Waals surface area (Å²) in [4.78, 5) is 23.8. The third kappa shape index (κ3) is 5.94. The number of benzene rings is 1. The molecule has 3 atom stereocenters. The number of ether oxygens (including phenoxy) is 1. The molecule has 3 unspecified atom stereocenters. The number of likely N-dealkylation sites (N-methyl/N-ethyl adjacent to an activating group) is 1. The summed E-state index contributed by atoms with van der Waals surface area (Å²) < 4.78 is 11.2. The highest BCUT2D eigenvalue weighted by molar-refractivity contribution is 6.47. The molecular formula is C20H30BN3O6. The Morgan fingerprint density at radius 3 is 2.80 bits per heavy atom. The van der Waals surface area contributed by atoms with Crippen LogP contribution in [0.4, 0.5) is 0 Å². The molecule has 2 aliphatic rings. The minimum Gasteiger partial charge on any atom is -0.534 e. The first-order chi connectivity index (χ1) is 14.5. The van der Waals surface area contributed by atoms with Gasteiger partial charge in [0.15, 0.2) is 0 Å². The maximum atomic E-state index is 12.5. The number of carboxylic acids is 1. The van der Waals surface area contributed by atoms with E-state index in [1.54, 1.807) is 12.1 Å². The van der Waals surface area contributed by atoms with Crippen LogP contribution in [0.2, 0.25) is 0 Å². The molecule has 5 N–H and O–H groups in total. The number of rotatable bonds is 9. The largest absolute Gasteiger partial charge is 0.547 e. The molecule has 0 spiro atoms. The second-order valence-corrected chi connectivity index (χ2v) is 7.73. The first-order valence-electron chi connectivity index (χ1n) is 10.5. The number of hydrogen-bond acceptors (Lipinski definition) is 7. The summed E-state index contributed by atoms with van der Waals surface area (Å²) in [5.41, 5.74) is 0.645. The van der Waals surface area contributed by atoms with Gasteiger partial charge in [-0.3, -0.25) is 4.79 Å². The van der Waals surface area contributed by atoms with Crippen molar-refractivity contribution in [2.24, 2.45) is 0 Å². The second kappa shape index (κ2) is 10.8. The van der Waals surface area contributed by atoms with E-state index in [9.17, 15) is 19.7 Å². The van der Waals surface area contributed by atoms with Gasteiger partial charge in [-0.15, -0.1) is 0 Å². The lowest BCUT2D eigenvalue weighted by molar-refractivity contribution is -0.125. The van der Waals surface area contributed by atoms with Gasteiger partial charge in [0.25, 0.3) is 0 Å². The van der Waals surface area contributed by atoms with Crippen LogP contribution in [-0.2, 0) is 16.0 Å². The SMILES string of the molecule is CCNCCNC1CCC(CC(=O)NC2Cc3cccc(C(=O)O)c3OB2O)OC1. The number of carbonyl (C=O) groups excluding carboxylic acids is 1. The fourth-order valence-corrected chi connectivity index (χ4v) is 3.86. The van der Waals surface area contributed by atoms with E-state index in [2.05, 4.69) is 22.9 Å². The molecule has 9 nitrogen and oxygen atoms in total. The molecule has 30 heavy (non-hydrogen) atoms. The van der Waals surface area contributed by atoms with Crippen molar-refractivity contribution in [2.75, 3.05) is 26.2 Å². The zero-order valence-electron chi connectivity index (χ0n) is 17.2. The van der Waals surface area contributed by atoms with Gasteiger partial charge in [0.2, 0.25) is 5.91 Å². The summed E-state index contributed by atoms with van der Waals surface area (Å²) in [6.45, 7) is 5.40. The van der Waals surface area contributed by atoms with Gasteiger partial charge in [-0.05, 0) is 37.4 Å². The second-order valence-electron chi connectivity index (χ2n) is 7.73. The monoisotopic (exact) mass is 419 g/mol. The molecule has 1 fully saturated rings. The zero-order valence-corrected chi connectivity index (χ0v) is 17.2. The highest BCUT2D eigenvalue weighted by Gasteiger charge is 2.38. The molecule has 3 rings (SSSR count). The molecule has 1 saturated heterocycles. The predicted octanol–water partition coefficient (Wildman–Crippen LogP) is -0.0390. The number of carboxylic acid groups (broad SMARTS) is 1. The number of nitrogens with one attached hydrogen (secondary N) is 3. The van der Waals surface area contributed by atoms with Crippen LogP contribution in [0.5, 0.6) is 5.75 Å². The molecule has 1 amide bonds. The number of aromatic carboxylic acids is 1. The van der Waals surface area contributed by atoms with E-state index in [1.165, 1.54) is 6.07 Å². The number of para-hydroxylation sites is 1. The average Bonchev–Trinajstić information content (AvgIpc) is 2.72. The van der Waals surface area contributed by atoms with Crippen molar-refractivity contribution in [2.45, 2.75) is 50.7 Å². The van der Waals surface area contributed by atoms with Crippen LogP contribution in [0.15, 0.2) is 18.2 Å². The summed E-state index contributed by atoms with van der Waals surface area (Å²) >= 11 is 0. The van der Waals surface area contributed by atoms with Crippen molar-refractivity contribution in [3.05, 3.63) is 29.3 Å². The number of carbonyl (C=O) groups is 2. The fraction of sp³-hybridized carbons (Fsp3) is 0.600. The molecule has 0 bridgehead atoms. The fourth-order valence-electron chi connectivity index (χ4n) is 3.86. The van der Waals surface area contributed by atoms with Crippen molar-refractivity contribution >= 4 is 19.0 Å². The van der Waals surface area contributed by atoms with E-state index in [4.69, 9.17) is 9.39 Å². The van der Waals surface area contributed by atoms with Crippen LogP contribution in [0, 0.1) is 0 Å². The maximum absolute atomic E-state index is 12.5. The van der Waals surface area contributed by atoms with E-state index in [0.717, 1.165) is 32.5 Å². The third-order valence-corrected chi connectivity index (χ3v) is 5.46. The van der Waals surface area contributed by atoms with Crippen LogP contribution in [0.3, 0.4) is 0 Å². The maximum Gasteiger partial charge on any atom is 0.547 e. The Morgan fingerprint density at radius 1 is 1.27 bits per heavy atom. The van der Waals surface area contributed by atoms with Crippen molar-refractivity contribution in [3.63, 3.8) is 0 Å². The van der Waals surface area contributed by atoms with Gasteiger partial charge in [-0.25, -0.2) is 4.79 Å². The molecule has 1 aromatic carbocycles. The Kier molecular flexibility index (Phi) is 8.09. The Labute approximate surface area is 176 Å². The highest BCUT2D eigenvalue weighted by Crippen LogP contribution is 2.30. The van der Waals surface area contributed by atoms with Gasteiger partial charge >= 0.3 is 13.1 Å². The van der Waals surface area contributed by atoms with Gasteiger partial charge in [0, 0.05) is 19.1 Å². The van der Waals surface area contributed by atoms with Crippen LogP contribution < -0.4 is 20.6 Å². The van der Waals surface area contributed by atoms with Crippen LogP contribution in [0.1, 0.15) is 42.1 Å². The summed E-state index contributed by atoms with van der Waals surface area (Å²) in [5.74, 6) is -1.82. The van der Waals surface area contributed by atoms with E-state index >= 15 is 0 Å². The highest BCUT2D eigenvalue weighted by atomic mass is 16.5. The molecular weight excluding hydrogens is 389 g/mol. The van der Waals surface area contributed by atoms with E-state index < -0.39 is 19.0 Å². The standard InChI is InChI=1S/C20H30BN3O6/c1-2-22-8-9-23-14-6-7-15(29-12-14)11-18(25)24-17-10-13-4-3-5-16(20(26)27)19(13)30-21(17)28/h3-5,14-15,17,22-23,28H,2,6-12H2,1H3,(H,24,25)(H,26,27). The van der Waals surface area contributed by atoms with Crippen LogP contribution in [-0.4, -0.2) is 73.5 Å². The molecule has 2 heterocycles. The van der Waals surface area contributed by atoms with Gasteiger partial charge in [-0.1, -0.05) is 19.1 Å². The van der Waals surface area contributed by atoms with Gasteiger partial charge in [-0.2, -0.15) is 0 Å². The number of fused-ring (bicyclic) bond motifs is 1. The predicted molar refractivity (Wildman–Crippen MR) is 112 cm³/mol. The molecule has 2 aliphatic heterocycles. The molecule has 0 aliphatic carbocycles. The summed E-state index contributed by atoms with van der Waals surface area (Å²) in [6.07, 6.45) is 2.11. The number of amides is 1. The normalized spacial score (nSPS) is 23.4. The lowest BCUT2D eigenvalue weighted by Crippen LogP contribution is -2.53. The van der Waals surface area contributed by atoms with Crippen molar-refractivity contribution in [1.82, 2.24) is 16.0 Å². The lowest BCUT2D eigenvalue weighted by Gasteiger charge is -2.31. The van der Waals surface area contributed by atoms with Crippen molar-refractivity contribution in [3.8, 4) is 5.75 Å². The zero-order chi connectivity index (χ0) is 21.5. The summed E-state index contributed by atoms with van der Waals surface area (Å²) in [6, 6.07) is 5.09. The van der Waals surface area contributed by atoms with E-state index in [1.807, 2.05) is 0 Å². The topological polar surface area (TPSA) is 129 Å². The Hall–Kier alpha value is -2.14. The average molecular weight is 419 g/mol. The van der Waals surface area contributed by atoms with Gasteiger partial charge in [0.05, 0.1) is 30.6 Å². The smallest absolute Gasteiger partial charge is 0.534 e. The molecule has 164 valence electrons. The molecule has 0 aromatic heterocycles. The van der Waals surface area contributed by atoms with Gasteiger partial charge in [0.1, 0.15) is 5.75 Å². The molecule has 0 saturated carbocycles. The van der Waals surface area contributed by atoms with E-state index in [0.29, 0.717) is 24.6 Å². The molecule has 0 radical (unpaired) electrons. The van der Waals surface area contributed by atoms with Crippen molar-refractivity contribution < 1.29 is 29.1 Å². The third-order valence-electron chi connectivity index (χ3n) is 5.46. The first-order valence-corrected chi connectivity index (χ1v) is 10.5. The van der Waals surface area contributed by atoms with Gasteiger partial charge < -0.3 is 35.5 Å². The summed E-state index contributed by atoms with van der Waals surface area (Å²) in [7, 11) is -1.31. The molecule has 1 aromatic rings. The Bertz CT molecular complexity index is 741. The van der Waals surface area contributed by atoms with Crippen molar-refractivity contribution in [1.29, 1.82) is 0 Å². The minimum absolute atomic E-state index is 0.000529. The lowest BCUT2D eigenvalue weighted by atomic mass is 9.72. The number of hydrogen-bond donors (Lipinski definition) is 5. The molecule has 10 heteroatoms.